The fraction of sp³-hybridized carbons (Fsp3) is 0.706. The van der Waals surface area contributed by atoms with Gasteiger partial charge in [0.05, 0.1) is 13.2 Å². The van der Waals surface area contributed by atoms with Crippen LogP contribution in [0.15, 0.2) is 36.4 Å². The van der Waals surface area contributed by atoms with Crippen molar-refractivity contribution in [2.24, 2.45) is 0 Å². The Morgan fingerprint density at radius 2 is 1.05 bits per heavy atom. The maximum Gasteiger partial charge on any atom is 0.127 e. The minimum atomic E-state index is -0.651. The maximum absolute atomic E-state index is 10.3. The molecule has 2 rings (SSSR count). The molecule has 5 heteroatoms. The molecular formula is C34H56O5. The van der Waals surface area contributed by atoms with Gasteiger partial charge >= 0.3 is 0 Å². The van der Waals surface area contributed by atoms with Crippen LogP contribution in [0.25, 0.3) is 10.8 Å². The Balaban J connectivity index is 1.44. The van der Waals surface area contributed by atoms with Gasteiger partial charge in [-0.05, 0) is 18.6 Å². The zero-order chi connectivity index (χ0) is 27.8. The average molecular weight is 545 g/mol. The van der Waals surface area contributed by atoms with Gasteiger partial charge in [0.15, 0.2) is 0 Å². The molecule has 1 N–H and O–H groups in total. The van der Waals surface area contributed by atoms with Gasteiger partial charge in [0.2, 0.25) is 0 Å². The lowest BCUT2D eigenvalue weighted by molar-refractivity contribution is 0.0112. The monoisotopic (exact) mass is 544 g/mol. The normalized spacial score (nSPS) is 12.2. The van der Waals surface area contributed by atoms with E-state index in [9.17, 15) is 5.11 Å². The van der Waals surface area contributed by atoms with E-state index in [2.05, 4.69) is 6.92 Å². The van der Waals surface area contributed by atoms with E-state index in [4.69, 9.17) is 18.9 Å². The minimum absolute atomic E-state index is 0.201. The predicted molar refractivity (Wildman–Crippen MR) is 163 cm³/mol. The van der Waals surface area contributed by atoms with Gasteiger partial charge in [-0.2, -0.15) is 0 Å². The lowest BCUT2D eigenvalue weighted by Gasteiger charge is -2.16. The smallest absolute Gasteiger partial charge is 0.127 e. The maximum atomic E-state index is 10.3. The summed E-state index contributed by atoms with van der Waals surface area (Å²) >= 11 is 0. The summed E-state index contributed by atoms with van der Waals surface area (Å²) in [4.78, 5) is 0. The summed E-state index contributed by atoms with van der Waals surface area (Å²) in [6.45, 7) is 4.52. The van der Waals surface area contributed by atoms with Crippen LogP contribution in [0.4, 0.5) is 0 Å². The van der Waals surface area contributed by atoms with Crippen molar-refractivity contribution in [3.05, 3.63) is 36.4 Å². The number of aliphatic hydroxyl groups excluding tert-OH is 1. The Bertz CT molecular complexity index is 839. The first-order valence-corrected chi connectivity index (χ1v) is 15.8. The van der Waals surface area contributed by atoms with Crippen molar-refractivity contribution in [2.75, 3.05) is 40.1 Å². The van der Waals surface area contributed by atoms with Crippen LogP contribution in [-0.2, 0) is 9.47 Å². The van der Waals surface area contributed by atoms with Crippen molar-refractivity contribution in [3.63, 3.8) is 0 Å². The third-order valence-corrected chi connectivity index (χ3v) is 7.27. The fourth-order valence-corrected chi connectivity index (χ4v) is 4.94. The molecule has 0 amide bonds. The second-order valence-corrected chi connectivity index (χ2v) is 10.8. The van der Waals surface area contributed by atoms with Gasteiger partial charge in [0.25, 0.3) is 0 Å². The predicted octanol–water partition coefficient (Wildman–Crippen LogP) is 8.88. The van der Waals surface area contributed by atoms with Crippen molar-refractivity contribution in [3.8, 4) is 11.5 Å². The molecule has 0 aliphatic heterocycles. The van der Waals surface area contributed by atoms with Gasteiger partial charge in [-0.25, -0.2) is 0 Å². The number of methoxy groups -OCH3 is 1. The highest BCUT2D eigenvalue weighted by atomic mass is 16.5. The molecule has 0 aromatic heterocycles. The first-order chi connectivity index (χ1) is 19.3. The van der Waals surface area contributed by atoms with E-state index in [-0.39, 0.29) is 6.61 Å². The van der Waals surface area contributed by atoms with Gasteiger partial charge in [0, 0.05) is 24.5 Å². The zero-order valence-electron chi connectivity index (χ0n) is 25.0. The van der Waals surface area contributed by atoms with E-state index in [0.717, 1.165) is 28.7 Å². The molecule has 39 heavy (non-hydrogen) atoms. The largest absolute Gasteiger partial charge is 0.491 e. The number of rotatable bonds is 26. The molecule has 0 radical (unpaired) electrons. The van der Waals surface area contributed by atoms with E-state index >= 15 is 0 Å². The molecule has 1 unspecified atom stereocenters. The molecule has 0 bridgehead atoms. The van der Waals surface area contributed by atoms with E-state index in [1.54, 1.807) is 7.11 Å². The van der Waals surface area contributed by atoms with Crippen molar-refractivity contribution in [1.29, 1.82) is 0 Å². The third-order valence-electron chi connectivity index (χ3n) is 7.27. The van der Waals surface area contributed by atoms with Crippen molar-refractivity contribution >= 4 is 10.8 Å². The molecule has 5 nitrogen and oxygen atoms in total. The van der Waals surface area contributed by atoms with Gasteiger partial charge in [-0.1, -0.05) is 128 Å². The summed E-state index contributed by atoms with van der Waals surface area (Å²) in [7, 11) is 1.66. The minimum Gasteiger partial charge on any atom is -0.491 e. The highest BCUT2D eigenvalue weighted by Crippen LogP contribution is 2.33. The molecule has 0 spiro atoms. The SMILES string of the molecule is CCCCCCCCCCCCCCCCCCOCC(O)COc1ccc(OCCOC)c2ccccc12. The lowest BCUT2D eigenvalue weighted by Crippen LogP contribution is -2.23. The van der Waals surface area contributed by atoms with Crippen LogP contribution in [0, 0.1) is 0 Å². The highest BCUT2D eigenvalue weighted by Gasteiger charge is 2.11. The van der Waals surface area contributed by atoms with E-state index in [1.807, 2.05) is 36.4 Å². The lowest BCUT2D eigenvalue weighted by atomic mass is 10.0. The topological polar surface area (TPSA) is 57.2 Å². The number of unbranched alkanes of at least 4 members (excludes halogenated alkanes) is 15. The first kappa shape index (κ1) is 33.4. The van der Waals surface area contributed by atoms with Crippen LogP contribution in [0.5, 0.6) is 11.5 Å². The third kappa shape index (κ3) is 15.5. The first-order valence-electron chi connectivity index (χ1n) is 15.8. The molecule has 0 aliphatic carbocycles. The van der Waals surface area contributed by atoms with Crippen molar-refractivity contribution < 1.29 is 24.1 Å². The Hall–Kier alpha value is -1.82. The number of aliphatic hydroxyl groups is 1. The molecular weight excluding hydrogens is 488 g/mol. The van der Waals surface area contributed by atoms with Crippen molar-refractivity contribution in [1.82, 2.24) is 0 Å². The molecule has 0 aliphatic rings. The zero-order valence-corrected chi connectivity index (χ0v) is 25.0. The van der Waals surface area contributed by atoms with E-state index < -0.39 is 6.10 Å². The van der Waals surface area contributed by atoms with Crippen LogP contribution < -0.4 is 9.47 Å². The number of fused-ring (bicyclic) bond motifs is 1. The number of ether oxygens (including phenoxy) is 4. The molecule has 0 saturated heterocycles. The molecule has 222 valence electrons. The van der Waals surface area contributed by atoms with Crippen LogP contribution in [0.2, 0.25) is 0 Å². The van der Waals surface area contributed by atoms with Crippen LogP contribution in [0.3, 0.4) is 0 Å². The Morgan fingerprint density at radius 3 is 1.56 bits per heavy atom. The second kappa shape index (κ2) is 22.9. The molecule has 0 heterocycles. The number of benzene rings is 2. The van der Waals surface area contributed by atoms with E-state index in [0.29, 0.717) is 26.4 Å². The Morgan fingerprint density at radius 1 is 0.564 bits per heavy atom. The summed E-state index contributed by atoms with van der Waals surface area (Å²) in [5, 5.41) is 12.3. The van der Waals surface area contributed by atoms with E-state index in [1.165, 1.54) is 96.3 Å². The van der Waals surface area contributed by atoms with Crippen LogP contribution in [0.1, 0.15) is 110 Å². The number of hydrogen-bond acceptors (Lipinski definition) is 5. The molecule has 2 aromatic rings. The molecule has 1 atom stereocenters. The van der Waals surface area contributed by atoms with Gasteiger partial charge in [0.1, 0.15) is 30.8 Å². The summed E-state index contributed by atoms with van der Waals surface area (Å²) in [5.41, 5.74) is 0. The van der Waals surface area contributed by atoms with Crippen LogP contribution in [-0.4, -0.2) is 51.4 Å². The van der Waals surface area contributed by atoms with Gasteiger partial charge in [-0.15, -0.1) is 0 Å². The van der Waals surface area contributed by atoms with Crippen LogP contribution >= 0.6 is 0 Å². The molecule has 0 saturated carbocycles. The highest BCUT2D eigenvalue weighted by molar-refractivity contribution is 5.93. The summed E-state index contributed by atoms with van der Waals surface area (Å²) < 4.78 is 22.6. The summed E-state index contributed by atoms with van der Waals surface area (Å²) in [6, 6.07) is 11.8. The Labute approximate surface area is 238 Å². The number of hydrogen-bond donors (Lipinski definition) is 1. The molecule has 0 fully saturated rings. The summed E-state index contributed by atoms with van der Waals surface area (Å²) in [6.07, 6.45) is 21.2. The summed E-state index contributed by atoms with van der Waals surface area (Å²) in [5.74, 6) is 1.54. The fourth-order valence-electron chi connectivity index (χ4n) is 4.94. The second-order valence-electron chi connectivity index (χ2n) is 10.8. The average Bonchev–Trinajstić information content (AvgIpc) is 2.96. The molecule has 2 aromatic carbocycles. The quantitative estimate of drug-likeness (QED) is 0.120. The van der Waals surface area contributed by atoms with Gasteiger partial charge < -0.3 is 24.1 Å². The van der Waals surface area contributed by atoms with Gasteiger partial charge in [-0.3, -0.25) is 0 Å². The van der Waals surface area contributed by atoms with Crippen molar-refractivity contribution in [2.45, 2.75) is 116 Å². The Kier molecular flexibility index (Phi) is 19.6. The standard InChI is InChI=1S/C34H56O5/c1-3-4-5-6-7-8-9-10-11-12-13-14-15-16-17-20-25-37-28-30(35)29-39-34-24-23-33(38-27-26-36-2)31-21-18-19-22-32(31)34/h18-19,21-24,30,35H,3-17,20,25-29H2,1-2H3.